The normalized spacial score (nSPS) is 28.0. The van der Waals surface area contributed by atoms with Crippen LogP contribution >= 0.6 is 0 Å². The second kappa shape index (κ2) is 7.23. The highest BCUT2D eigenvalue weighted by molar-refractivity contribution is 5.82. The second-order valence-corrected chi connectivity index (χ2v) is 6.72. The molecule has 0 aromatic carbocycles. The lowest BCUT2D eigenvalue weighted by Crippen LogP contribution is -2.55. The van der Waals surface area contributed by atoms with Crippen LogP contribution in [0.25, 0.3) is 0 Å². The quantitative estimate of drug-likeness (QED) is 0.896. The van der Waals surface area contributed by atoms with E-state index < -0.39 is 0 Å². The fraction of sp³-hybridized carbons (Fsp3) is 0.667. The monoisotopic (exact) mass is 301 g/mol. The number of piperidine rings is 1. The van der Waals surface area contributed by atoms with Crippen LogP contribution in [0.5, 0.6) is 0 Å². The van der Waals surface area contributed by atoms with E-state index in [9.17, 15) is 4.79 Å². The largest absolute Gasteiger partial charge is 0.354 e. The zero-order chi connectivity index (χ0) is 15.4. The van der Waals surface area contributed by atoms with Gasteiger partial charge in [0.25, 0.3) is 0 Å². The van der Waals surface area contributed by atoms with Gasteiger partial charge in [-0.15, -0.1) is 0 Å². The molecular formula is C18H27N3O. The van der Waals surface area contributed by atoms with Crippen LogP contribution in [-0.2, 0) is 11.2 Å². The van der Waals surface area contributed by atoms with Gasteiger partial charge in [-0.05, 0) is 56.2 Å². The maximum Gasteiger partial charge on any atom is 0.237 e. The van der Waals surface area contributed by atoms with E-state index in [-0.39, 0.29) is 11.9 Å². The molecule has 0 radical (unpaired) electrons. The molecule has 2 fully saturated rings. The number of hydrogen-bond acceptors (Lipinski definition) is 3. The summed E-state index contributed by atoms with van der Waals surface area (Å²) >= 11 is 0. The minimum atomic E-state index is 0.0223. The predicted octanol–water partition coefficient (Wildman–Crippen LogP) is 2.22. The zero-order valence-corrected chi connectivity index (χ0v) is 13.5. The summed E-state index contributed by atoms with van der Waals surface area (Å²) in [5, 5.41) is 6.59. The number of amides is 1. The van der Waals surface area contributed by atoms with Crippen LogP contribution in [0.15, 0.2) is 18.3 Å². The van der Waals surface area contributed by atoms with Crippen molar-refractivity contribution in [1.29, 1.82) is 0 Å². The summed E-state index contributed by atoms with van der Waals surface area (Å²) in [6.45, 7) is 3.70. The van der Waals surface area contributed by atoms with E-state index in [1.54, 1.807) is 0 Å². The standard InChI is InChI=1S/C18H27N3O/c1-13-14(6-4-10-19-13)8-12-21-18(22)17-16-7-3-2-5-15(16)9-11-20-17/h4,6,10,15-17,20H,2-3,5,7-9,11-12H2,1H3,(H,21,22). The third-order valence-electron chi connectivity index (χ3n) is 5.37. The van der Waals surface area contributed by atoms with Gasteiger partial charge >= 0.3 is 0 Å². The van der Waals surface area contributed by atoms with Crippen molar-refractivity contribution in [3.8, 4) is 0 Å². The third kappa shape index (κ3) is 3.49. The van der Waals surface area contributed by atoms with Gasteiger partial charge in [0, 0.05) is 18.4 Å². The summed E-state index contributed by atoms with van der Waals surface area (Å²) in [4.78, 5) is 16.8. The molecule has 1 saturated carbocycles. The van der Waals surface area contributed by atoms with Crippen molar-refractivity contribution in [2.45, 2.75) is 51.5 Å². The number of pyridine rings is 1. The van der Waals surface area contributed by atoms with Gasteiger partial charge in [0.2, 0.25) is 5.91 Å². The maximum absolute atomic E-state index is 12.5. The molecule has 2 heterocycles. The first-order chi connectivity index (χ1) is 10.8. The minimum absolute atomic E-state index is 0.0223. The van der Waals surface area contributed by atoms with E-state index in [4.69, 9.17) is 0 Å². The van der Waals surface area contributed by atoms with E-state index >= 15 is 0 Å². The van der Waals surface area contributed by atoms with Crippen LogP contribution in [0.1, 0.15) is 43.4 Å². The van der Waals surface area contributed by atoms with Gasteiger partial charge in [-0.25, -0.2) is 0 Å². The highest BCUT2D eigenvalue weighted by Crippen LogP contribution is 2.36. The average Bonchev–Trinajstić information content (AvgIpc) is 2.56. The first-order valence-electron chi connectivity index (χ1n) is 8.67. The Balaban J connectivity index is 1.52. The number of nitrogens with zero attached hydrogens (tertiary/aromatic N) is 1. The SMILES string of the molecule is Cc1ncccc1CCNC(=O)C1NCCC2CCCCC21. The van der Waals surface area contributed by atoms with E-state index in [2.05, 4.69) is 21.7 Å². The molecule has 120 valence electrons. The number of aryl methyl sites for hydroxylation is 1. The van der Waals surface area contributed by atoms with Gasteiger partial charge in [-0.2, -0.15) is 0 Å². The highest BCUT2D eigenvalue weighted by Gasteiger charge is 2.38. The molecule has 3 atom stereocenters. The smallest absolute Gasteiger partial charge is 0.237 e. The Bertz CT molecular complexity index is 515. The number of carbonyl (C=O) groups excluding carboxylic acids is 1. The Morgan fingerprint density at radius 1 is 1.36 bits per heavy atom. The summed E-state index contributed by atoms with van der Waals surface area (Å²) in [5.41, 5.74) is 2.27. The summed E-state index contributed by atoms with van der Waals surface area (Å²) in [5.74, 6) is 1.49. The van der Waals surface area contributed by atoms with Crippen molar-refractivity contribution >= 4 is 5.91 Å². The lowest BCUT2D eigenvalue weighted by Gasteiger charge is -2.41. The molecule has 22 heavy (non-hydrogen) atoms. The Morgan fingerprint density at radius 3 is 3.09 bits per heavy atom. The second-order valence-electron chi connectivity index (χ2n) is 6.72. The van der Waals surface area contributed by atoms with Gasteiger partial charge in [0.1, 0.15) is 0 Å². The highest BCUT2D eigenvalue weighted by atomic mass is 16.2. The summed E-state index contributed by atoms with van der Waals surface area (Å²) in [6, 6.07) is 4.07. The molecule has 1 saturated heterocycles. The number of hydrogen-bond donors (Lipinski definition) is 2. The molecule has 4 heteroatoms. The summed E-state index contributed by atoms with van der Waals surface area (Å²) in [6.07, 6.45) is 9.04. The van der Waals surface area contributed by atoms with Crippen molar-refractivity contribution in [2.75, 3.05) is 13.1 Å². The van der Waals surface area contributed by atoms with Gasteiger partial charge in [-0.1, -0.05) is 25.3 Å². The molecule has 0 spiro atoms. The fourth-order valence-electron chi connectivity index (χ4n) is 4.11. The molecule has 0 bridgehead atoms. The Hall–Kier alpha value is -1.42. The van der Waals surface area contributed by atoms with Gasteiger partial charge in [0.15, 0.2) is 0 Å². The molecule has 2 aliphatic rings. The predicted molar refractivity (Wildman–Crippen MR) is 87.5 cm³/mol. The maximum atomic E-state index is 12.5. The van der Waals surface area contributed by atoms with E-state index in [1.807, 2.05) is 19.2 Å². The molecule has 1 amide bonds. The zero-order valence-electron chi connectivity index (χ0n) is 13.5. The van der Waals surface area contributed by atoms with Crippen molar-refractivity contribution < 1.29 is 4.79 Å². The number of aromatic nitrogens is 1. The van der Waals surface area contributed by atoms with Crippen LogP contribution in [0, 0.1) is 18.8 Å². The molecule has 3 unspecified atom stereocenters. The Morgan fingerprint density at radius 2 is 2.23 bits per heavy atom. The van der Waals surface area contributed by atoms with Crippen LogP contribution < -0.4 is 10.6 Å². The number of fused-ring (bicyclic) bond motifs is 1. The van der Waals surface area contributed by atoms with Gasteiger partial charge in [-0.3, -0.25) is 9.78 Å². The van der Waals surface area contributed by atoms with Crippen LogP contribution in [-0.4, -0.2) is 30.0 Å². The van der Waals surface area contributed by atoms with Gasteiger partial charge < -0.3 is 10.6 Å². The van der Waals surface area contributed by atoms with Gasteiger partial charge in [0.05, 0.1) is 6.04 Å². The summed E-state index contributed by atoms with van der Waals surface area (Å²) in [7, 11) is 0. The third-order valence-corrected chi connectivity index (χ3v) is 5.37. The lowest BCUT2D eigenvalue weighted by molar-refractivity contribution is -0.126. The van der Waals surface area contributed by atoms with Crippen molar-refractivity contribution in [3.63, 3.8) is 0 Å². The molecule has 1 aliphatic heterocycles. The van der Waals surface area contributed by atoms with Crippen LogP contribution in [0.4, 0.5) is 0 Å². The summed E-state index contributed by atoms with van der Waals surface area (Å²) < 4.78 is 0. The Labute approximate surface area is 133 Å². The van der Waals surface area contributed by atoms with Crippen molar-refractivity contribution in [2.24, 2.45) is 11.8 Å². The van der Waals surface area contributed by atoms with Crippen molar-refractivity contribution in [3.05, 3.63) is 29.6 Å². The minimum Gasteiger partial charge on any atom is -0.354 e. The molecule has 1 aliphatic carbocycles. The molecule has 2 N–H and O–H groups in total. The van der Waals surface area contributed by atoms with Crippen LogP contribution in [0.2, 0.25) is 0 Å². The number of rotatable bonds is 4. The molecular weight excluding hydrogens is 274 g/mol. The topological polar surface area (TPSA) is 54.0 Å². The fourth-order valence-corrected chi connectivity index (χ4v) is 4.11. The molecule has 1 aromatic rings. The first kappa shape index (κ1) is 15.5. The van der Waals surface area contributed by atoms with Crippen LogP contribution in [0.3, 0.4) is 0 Å². The molecule has 1 aromatic heterocycles. The van der Waals surface area contributed by atoms with E-state index in [1.165, 1.54) is 37.7 Å². The lowest BCUT2D eigenvalue weighted by atomic mass is 9.71. The van der Waals surface area contributed by atoms with E-state index in [0.29, 0.717) is 12.5 Å². The first-order valence-corrected chi connectivity index (χ1v) is 8.67. The van der Waals surface area contributed by atoms with E-state index in [0.717, 1.165) is 24.6 Å². The molecule has 3 rings (SSSR count). The average molecular weight is 301 g/mol. The Kier molecular flexibility index (Phi) is 5.08. The molecule has 4 nitrogen and oxygen atoms in total. The van der Waals surface area contributed by atoms with Crippen molar-refractivity contribution in [1.82, 2.24) is 15.6 Å². The number of carbonyl (C=O) groups is 1. The number of nitrogens with one attached hydrogen (secondary N) is 2.